The van der Waals surface area contributed by atoms with Crippen LogP contribution in [0.2, 0.25) is 5.02 Å². The van der Waals surface area contributed by atoms with Crippen LogP contribution >= 0.6 is 11.6 Å². The third-order valence-electron chi connectivity index (χ3n) is 3.22. The number of methoxy groups -OCH3 is 1. The molecular weight excluding hydrogens is 304 g/mol. The summed E-state index contributed by atoms with van der Waals surface area (Å²) in [7, 11) is 1.50. The van der Waals surface area contributed by atoms with Gasteiger partial charge in [0.05, 0.1) is 7.11 Å². The Bertz CT molecular complexity index is 652. The van der Waals surface area contributed by atoms with Crippen LogP contribution in [0.4, 0.5) is 0 Å². The zero-order chi connectivity index (χ0) is 16.1. The summed E-state index contributed by atoms with van der Waals surface area (Å²) in [5.41, 5.74) is 1.26. The molecule has 2 aromatic rings. The highest BCUT2D eigenvalue weighted by atomic mass is 35.5. The highest BCUT2D eigenvalue weighted by molar-refractivity contribution is 6.30. The summed E-state index contributed by atoms with van der Waals surface area (Å²) in [6.45, 7) is 1.55. The van der Waals surface area contributed by atoms with Crippen molar-refractivity contribution in [1.29, 1.82) is 0 Å². The second-order valence-electron chi connectivity index (χ2n) is 4.80. The number of aliphatic hydroxyl groups excluding tert-OH is 1. The van der Waals surface area contributed by atoms with E-state index in [2.05, 4.69) is 0 Å². The van der Waals surface area contributed by atoms with Crippen LogP contribution in [0.1, 0.15) is 28.9 Å². The molecule has 0 amide bonds. The predicted octanol–water partition coefficient (Wildman–Crippen LogP) is 3.66. The predicted molar refractivity (Wildman–Crippen MR) is 84.9 cm³/mol. The molecule has 5 heteroatoms. The minimum atomic E-state index is -0.783. The molecule has 0 fully saturated rings. The molecule has 2 rings (SSSR count). The van der Waals surface area contributed by atoms with Crippen molar-refractivity contribution in [2.75, 3.05) is 13.7 Å². The average Bonchev–Trinajstić information content (AvgIpc) is 2.52. The fourth-order valence-corrected chi connectivity index (χ4v) is 2.08. The van der Waals surface area contributed by atoms with Crippen molar-refractivity contribution < 1.29 is 19.4 Å². The van der Waals surface area contributed by atoms with Gasteiger partial charge in [-0.15, -0.1) is 0 Å². The molecule has 1 atom stereocenters. The molecule has 116 valence electrons. The summed E-state index contributed by atoms with van der Waals surface area (Å²) in [6, 6.07) is 11.8. The number of carbonyl (C=O) groups excluding carboxylic acids is 1. The van der Waals surface area contributed by atoms with E-state index in [4.69, 9.17) is 21.1 Å². The Morgan fingerprint density at radius 1 is 1.18 bits per heavy atom. The van der Waals surface area contributed by atoms with Crippen molar-refractivity contribution in [3.63, 3.8) is 0 Å². The smallest absolute Gasteiger partial charge is 0.161 e. The van der Waals surface area contributed by atoms with E-state index >= 15 is 0 Å². The van der Waals surface area contributed by atoms with E-state index in [1.165, 1.54) is 14.0 Å². The zero-order valence-corrected chi connectivity index (χ0v) is 13.1. The van der Waals surface area contributed by atoms with Crippen LogP contribution in [-0.2, 0) is 0 Å². The molecule has 0 saturated heterocycles. The first kappa shape index (κ1) is 16.3. The highest BCUT2D eigenvalue weighted by Gasteiger charge is 2.12. The summed E-state index contributed by atoms with van der Waals surface area (Å²) >= 11 is 5.81. The molecule has 0 bridgehead atoms. The van der Waals surface area contributed by atoms with Crippen LogP contribution in [0.3, 0.4) is 0 Å². The topological polar surface area (TPSA) is 55.8 Å². The Balaban J connectivity index is 2.07. The number of carbonyl (C=O) groups is 1. The lowest BCUT2D eigenvalue weighted by molar-refractivity contribution is 0.101. The zero-order valence-electron chi connectivity index (χ0n) is 12.4. The van der Waals surface area contributed by atoms with E-state index in [0.29, 0.717) is 27.6 Å². The fraction of sp³-hybridized carbons (Fsp3) is 0.235. The minimum absolute atomic E-state index is 0.0500. The maximum absolute atomic E-state index is 11.4. The largest absolute Gasteiger partial charge is 0.493 e. The van der Waals surface area contributed by atoms with Gasteiger partial charge in [0.2, 0.25) is 0 Å². The highest BCUT2D eigenvalue weighted by Crippen LogP contribution is 2.29. The van der Waals surface area contributed by atoms with E-state index in [1.54, 1.807) is 42.5 Å². The molecule has 0 aliphatic heterocycles. The number of Topliss-reactive ketones (excluding diaryl/α,β-unsaturated/α-hetero) is 1. The Morgan fingerprint density at radius 3 is 2.45 bits per heavy atom. The maximum atomic E-state index is 11.4. The Labute approximate surface area is 134 Å². The monoisotopic (exact) mass is 320 g/mol. The third-order valence-corrected chi connectivity index (χ3v) is 3.47. The van der Waals surface area contributed by atoms with E-state index in [9.17, 15) is 9.90 Å². The molecule has 0 saturated carbocycles. The van der Waals surface area contributed by atoms with Gasteiger partial charge in [-0.2, -0.15) is 0 Å². The molecule has 1 N–H and O–H groups in total. The second-order valence-corrected chi connectivity index (χ2v) is 5.24. The Morgan fingerprint density at radius 2 is 1.86 bits per heavy atom. The van der Waals surface area contributed by atoms with Gasteiger partial charge in [0, 0.05) is 10.6 Å². The van der Waals surface area contributed by atoms with Crippen molar-refractivity contribution in [2.45, 2.75) is 13.0 Å². The summed E-state index contributed by atoms with van der Waals surface area (Å²) in [5.74, 6) is 0.877. The van der Waals surface area contributed by atoms with E-state index < -0.39 is 6.10 Å². The van der Waals surface area contributed by atoms with Crippen LogP contribution in [-0.4, -0.2) is 24.6 Å². The summed E-state index contributed by atoms with van der Waals surface area (Å²) in [6.07, 6.45) is -0.783. The van der Waals surface area contributed by atoms with Gasteiger partial charge >= 0.3 is 0 Å². The van der Waals surface area contributed by atoms with Crippen LogP contribution in [0, 0.1) is 0 Å². The molecule has 0 aliphatic rings. The van der Waals surface area contributed by atoms with Gasteiger partial charge in [-0.25, -0.2) is 0 Å². The SMILES string of the molecule is COc1cc(C(C)=O)ccc1OC[C@@H](O)c1ccc(Cl)cc1. The lowest BCUT2D eigenvalue weighted by atomic mass is 10.1. The number of hydrogen-bond acceptors (Lipinski definition) is 4. The number of halogens is 1. The maximum Gasteiger partial charge on any atom is 0.161 e. The van der Waals surface area contributed by atoms with Gasteiger partial charge in [-0.3, -0.25) is 4.79 Å². The number of hydrogen-bond donors (Lipinski definition) is 1. The Kier molecular flexibility index (Phi) is 5.41. The van der Waals surface area contributed by atoms with Crippen molar-refractivity contribution in [1.82, 2.24) is 0 Å². The first-order chi connectivity index (χ1) is 10.5. The van der Waals surface area contributed by atoms with Crippen LogP contribution in [0.15, 0.2) is 42.5 Å². The molecule has 0 spiro atoms. The van der Waals surface area contributed by atoms with Crippen LogP contribution < -0.4 is 9.47 Å². The third kappa shape index (κ3) is 4.00. The fourth-order valence-electron chi connectivity index (χ4n) is 1.96. The second kappa shape index (κ2) is 7.29. The van der Waals surface area contributed by atoms with Crippen molar-refractivity contribution >= 4 is 17.4 Å². The summed E-state index contributed by atoms with van der Waals surface area (Å²) in [5, 5.41) is 10.7. The standard InChI is InChI=1S/C17H17ClO4/c1-11(19)13-5-8-16(17(9-13)21-2)22-10-15(20)12-3-6-14(18)7-4-12/h3-9,15,20H,10H2,1-2H3/t15-/m1/s1. The molecule has 4 nitrogen and oxygen atoms in total. The van der Waals surface area contributed by atoms with Crippen molar-refractivity contribution in [3.05, 3.63) is 58.6 Å². The van der Waals surface area contributed by atoms with Gasteiger partial charge in [0.25, 0.3) is 0 Å². The van der Waals surface area contributed by atoms with Crippen LogP contribution in [0.5, 0.6) is 11.5 Å². The van der Waals surface area contributed by atoms with E-state index in [0.717, 1.165) is 0 Å². The number of ether oxygens (including phenoxy) is 2. The first-order valence-corrected chi connectivity index (χ1v) is 7.14. The first-order valence-electron chi connectivity index (χ1n) is 6.76. The lowest BCUT2D eigenvalue weighted by Crippen LogP contribution is -2.10. The molecule has 22 heavy (non-hydrogen) atoms. The van der Waals surface area contributed by atoms with Crippen molar-refractivity contribution in [3.8, 4) is 11.5 Å². The molecule has 0 aliphatic carbocycles. The summed E-state index contributed by atoms with van der Waals surface area (Å²) < 4.78 is 10.8. The van der Waals surface area contributed by atoms with Crippen molar-refractivity contribution in [2.24, 2.45) is 0 Å². The van der Waals surface area contributed by atoms with Gasteiger partial charge in [-0.1, -0.05) is 23.7 Å². The number of ketones is 1. The molecule has 0 aromatic heterocycles. The molecule has 0 radical (unpaired) electrons. The van der Waals surface area contributed by atoms with Gasteiger partial charge in [-0.05, 0) is 42.8 Å². The average molecular weight is 321 g/mol. The Hall–Kier alpha value is -2.04. The molecular formula is C17H17ClO4. The van der Waals surface area contributed by atoms with Crippen LogP contribution in [0.25, 0.3) is 0 Å². The van der Waals surface area contributed by atoms with E-state index in [1.807, 2.05) is 0 Å². The number of rotatable bonds is 6. The minimum Gasteiger partial charge on any atom is -0.493 e. The molecule has 0 heterocycles. The molecule has 0 unspecified atom stereocenters. The summed E-state index contributed by atoms with van der Waals surface area (Å²) in [4.78, 5) is 11.4. The van der Waals surface area contributed by atoms with Gasteiger partial charge in [0.1, 0.15) is 12.7 Å². The van der Waals surface area contributed by atoms with Gasteiger partial charge in [0.15, 0.2) is 17.3 Å². The quantitative estimate of drug-likeness (QED) is 0.825. The normalized spacial score (nSPS) is 11.8. The van der Waals surface area contributed by atoms with Gasteiger partial charge < -0.3 is 14.6 Å². The lowest BCUT2D eigenvalue weighted by Gasteiger charge is -2.15. The molecule has 2 aromatic carbocycles. The number of benzene rings is 2. The van der Waals surface area contributed by atoms with E-state index in [-0.39, 0.29) is 12.4 Å². The number of aliphatic hydroxyl groups is 1.